The highest BCUT2D eigenvalue weighted by molar-refractivity contribution is 5.97. The molecule has 116 valence electrons. The van der Waals surface area contributed by atoms with E-state index in [-0.39, 0.29) is 23.7 Å². The minimum atomic E-state index is -0.762. The normalized spacial score (nSPS) is 32.4. The van der Waals surface area contributed by atoms with Crippen molar-refractivity contribution in [3.8, 4) is 0 Å². The minimum absolute atomic E-state index is 0.0499. The van der Waals surface area contributed by atoms with Crippen LogP contribution in [-0.4, -0.2) is 48.3 Å². The molecule has 1 aliphatic carbocycles. The molecule has 2 unspecified atom stereocenters. The highest BCUT2D eigenvalue weighted by atomic mass is 16.7. The number of nitrogens with zero attached hydrogens (tertiary/aromatic N) is 2. The number of piperidine rings is 1. The molecule has 0 aromatic heterocycles. The number of ether oxygens (including phenoxy) is 1. The highest BCUT2D eigenvalue weighted by Crippen LogP contribution is 2.45. The molecule has 2 heterocycles. The summed E-state index contributed by atoms with van der Waals surface area (Å²) in [6.07, 6.45) is 4.05. The topological polar surface area (TPSA) is 68.2 Å². The molecule has 3 rings (SSSR count). The van der Waals surface area contributed by atoms with Crippen molar-refractivity contribution >= 4 is 17.6 Å². The summed E-state index contributed by atoms with van der Waals surface area (Å²) in [5.41, 5.74) is 0.174. The Labute approximate surface area is 124 Å². The molecule has 0 aromatic rings. The van der Waals surface area contributed by atoms with Gasteiger partial charge in [-0.25, -0.2) is 0 Å². The zero-order valence-electron chi connectivity index (χ0n) is 12.6. The van der Waals surface area contributed by atoms with Gasteiger partial charge in [-0.1, -0.05) is 5.16 Å². The molecule has 1 amide bonds. The molecule has 2 aliphatic heterocycles. The molecule has 0 radical (unpaired) electrons. The van der Waals surface area contributed by atoms with Gasteiger partial charge in [0.2, 0.25) is 5.60 Å². The zero-order chi connectivity index (χ0) is 15.0. The van der Waals surface area contributed by atoms with Crippen molar-refractivity contribution in [3.63, 3.8) is 0 Å². The van der Waals surface area contributed by atoms with E-state index in [2.05, 4.69) is 5.16 Å². The lowest BCUT2D eigenvalue weighted by Gasteiger charge is -2.36. The van der Waals surface area contributed by atoms with Crippen LogP contribution >= 0.6 is 0 Å². The summed E-state index contributed by atoms with van der Waals surface area (Å²) in [7, 11) is 1.41. The molecule has 21 heavy (non-hydrogen) atoms. The number of fused-ring (bicyclic) bond motifs is 1. The number of methoxy groups -OCH3 is 1. The van der Waals surface area contributed by atoms with Crippen molar-refractivity contribution < 1.29 is 19.2 Å². The summed E-state index contributed by atoms with van der Waals surface area (Å²) in [5, 5.41) is 4.06. The van der Waals surface area contributed by atoms with Crippen LogP contribution in [0.3, 0.4) is 0 Å². The monoisotopic (exact) mass is 294 g/mol. The van der Waals surface area contributed by atoms with E-state index in [1.807, 2.05) is 11.8 Å². The number of hydrogen-bond donors (Lipinski definition) is 0. The van der Waals surface area contributed by atoms with Crippen molar-refractivity contribution in [2.45, 2.75) is 44.6 Å². The summed E-state index contributed by atoms with van der Waals surface area (Å²) in [6, 6.07) is 0. The second-order valence-corrected chi connectivity index (χ2v) is 6.25. The molecule has 2 fully saturated rings. The molecule has 2 atom stereocenters. The first-order valence-corrected chi connectivity index (χ1v) is 7.68. The molecule has 1 saturated heterocycles. The largest absolute Gasteiger partial charge is 0.469 e. The van der Waals surface area contributed by atoms with Gasteiger partial charge < -0.3 is 14.5 Å². The average molecular weight is 294 g/mol. The van der Waals surface area contributed by atoms with Crippen LogP contribution in [0, 0.1) is 11.8 Å². The van der Waals surface area contributed by atoms with Gasteiger partial charge >= 0.3 is 5.97 Å². The predicted octanol–water partition coefficient (Wildman–Crippen LogP) is 1.34. The first-order chi connectivity index (χ1) is 10.1. The molecular weight excluding hydrogens is 272 g/mol. The number of oxime groups is 1. The van der Waals surface area contributed by atoms with Crippen LogP contribution in [0.15, 0.2) is 5.16 Å². The van der Waals surface area contributed by atoms with Gasteiger partial charge in [0, 0.05) is 13.1 Å². The van der Waals surface area contributed by atoms with E-state index in [1.54, 1.807) is 0 Å². The van der Waals surface area contributed by atoms with E-state index in [4.69, 9.17) is 9.57 Å². The number of esters is 1. The van der Waals surface area contributed by atoms with Crippen LogP contribution in [0.5, 0.6) is 0 Å². The van der Waals surface area contributed by atoms with Gasteiger partial charge in [-0.2, -0.15) is 0 Å². The third-order valence-corrected chi connectivity index (χ3v) is 5.14. The van der Waals surface area contributed by atoms with Gasteiger partial charge in [-0.15, -0.1) is 0 Å². The Morgan fingerprint density at radius 3 is 2.71 bits per heavy atom. The molecule has 0 bridgehead atoms. The van der Waals surface area contributed by atoms with E-state index >= 15 is 0 Å². The Kier molecular flexibility index (Phi) is 3.63. The Hall–Kier alpha value is -1.59. The minimum Gasteiger partial charge on any atom is -0.469 e. The third kappa shape index (κ3) is 2.21. The zero-order valence-corrected chi connectivity index (χ0v) is 12.6. The van der Waals surface area contributed by atoms with Crippen LogP contribution < -0.4 is 0 Å². The fourth-order valence-corrected chi connectivity index (χ4v) is 3.90. The molecule has 1 saturated carbocycles. The number of carbonyl (C=O) groups excluding carboxylic acids is 2. The summed E-state index contributed by atoms with van der Waals surface area (Å²) < 4.78 is 4.78. The van der Waals surface area contributed by atoms with E-state index in [0.717, 1.165) is 25.0 Å². The summed E-state index contributed by atoms with van der Waals surface area (Å²) in [6.45, 7) is 3.12. The van der Waals surface area contributed by atoms with Crippen molar-refractivity contribution in [2.24, 2.45) is 17.0 Å². The highest BCUT2D eigenvalue weighted by Gasteiger charge is 2.58. The number of likely N-dealkylation sites (tertiary alicyclic amines) is 1. The molecule has 0 aromatic carbocycles. The van der Waals surface area contributed by atoms with Crippen LogP contribution in [0.2, 0.25) is 0 Å². The SMILES string of the molecule is COC(=O)C1CCN(C(=O)C23CCCC2C(C)=NO3)CC1. The van der Waals surface area contributed by atoms with E-state index < -0.39 is 5.60 Å². The number of hydrogen-bond acceptors (Lipinski definition) is 5. The van der Waals surface area contributed by atoms with Crippen molar-refractivity contribution in [3.05, 3.63) is 0 Å². The Balaban J connectivity index is 1.66. The summed E-state index contributed by atoms with van der Waals surface area (Å²) in [5.74, 6) is -0.0778. The molecule has 3 aliphatic rings. The van der Waals surface area contributed by atoms with Crippen molar-refractivity contribution in [1.82, 2.24) is 4.90 Å². The van der Waals surface area contributed by atoms with Gasteiger partial charge in [0.15, 0.2) is 0 Å². The number of amides is 1. The van der Waals surface area contributed by atoms with Crippen LogP contribution in [0.4, 0.5) is 0 Å². The molecule has 6 heteroatoms. The molecular formula is C15H22N2O4. The summed E-state index contributed by atoms with van der Waals surface area (Å²) in [4.78, 5) is 31.9. The molecule has 6 nitrogen and oxygen atoms in total. The maximum atomic E-state index is 12.9. The second kappa shape index (κ2) is 5.31. The average Bonchev–Trinajstić information content (AvgIpc) is 3.08. The van der Waals surface area contributed by atoms with Gasteiger partial charge in [0.05, 0.1) is 24.7 Å². The second-order valence-electron chi connectivity index (χ2n) is 6.25. The van der Waals surface area contributed by atoms with Gasteiger partial charge in [-0.05, 0) is 39.0 Å². The number of carbonyl (C=O) groups is 2. The lowest BCUT2D eigenvalue weighted by molar-refractivity contribution is -0.161. The fourth-order valence-electron chi connectivity index (χ4n) is 3.90. The standard InChI is InChI=1S/C15H22N2O4/c1-10-12-4-3-7-15(12,21-16-10)14(19)17-8-5-11(6-9-17)13(18)20-2/h11-12H,3-9H2,1-2H3. The Morgan fingerprint density at radius 2 is 2.05 bits per heavy atom. The molecule has 0 N–H and O–H groups in total. The van der Waals surface area contributed by atoms with Gasteiger partial charge in [-0.3, -0.25) is 9.59 Å². The fraction of sp³-hybridized carbons (Fsp3) is 0.800. The quantitative estimate of drug-likeness (QED) is 0.721. The maximum Gasteiger partial charge on any atom is 0.308 e. The first kappa shape index (κ1) is 14.4. The van der Waals surface area contributed by atoms with Crippen LogP contribution in [0.25, 0.3) is 0 Å². The van der Waals surface area contributed by atoms with Gasteiger partial charge in [0.25, 0.3) is 5.91 Å². The lowest BCUT2D eigenvalue weighted by atomic mass is 9.86. The predicted molar refractivity (Wildman–Crippen MR) is 75.6 cm³/mol. The molecule has 0 spiro atoms. The van der Waals surface area contributed by atoms with E-state index in [9.17, 15) is 9.59 Å². The van der Waals surface area contributed by atoms with Crippen molar-refractivity contribution in [1.29, 1.82) is 0 Å². The van der Waals surface area contributed by atoms with Crippen LogP contribution in [-0.2, 0) is 19.2 Å². The van der Waals surface area contributed by atoms with Crippen LogP contribution in [0.1, 0.15) is 39.0 Å². The van der Waals surface area contributed by atoms with E-state index in [0.29, 0.717) is 25.9 Å². The third-order valence-electron chi connectivity index (χ3n) is 5.14. The Bertz CT molecular complexity index is 482. The maximum absolute atomic E-state index is 12.9. The lowest BCUT2D eigenvalue weighted by Crippen LogP contribution is -2.53. The Morgan fingerprint density at radius 1 is 1.33 bits per heavy atom. The smallest absolute Gasteiger partial charge is 0.308 e. The van der Waals surface area contributed by atoms with Crippen molar-refractivity contribution in [2.75, 3.05) is 20.2 Å². The summed E-state index contributed by atoms with van der Waals surface area (Å²) >= 11 is 0. The first-order valence-electron chi connectivity index (χ1n) is 7.68. The van der Waals surface area contributed by atoms with Gasteiger partial charge in [0.1, 0.15) is 0 Å². The number of rotatable bonds is 2. The van der Waals surface area contributed by atoms with E-state index in [1.165, 1.54) is 7.11 Å².